The lowest BCUT2D eigenvalue weighted by Gasteiger charge is -2.16. The van der Waals surface area contributed by atoms with Gasteiger partial charge in [0.25, 0.3) is 0 Å². The van der Waals surface area contributed by atoms with Gasteiger partial charge in [-0.3, -0.25) is 4.79 Å². The van der Waals surface area contributed by atoms with Crippen molar-refractivity contribution in [2.45, 2.75) is 25.7 Å². The van der Waals surface area contributed by atoms with Gasteiger partial charge in [-0.15, -0.1) is 0 Å². The molecule has 0 saturated carbocycles. The van der Waals surface area contributed by atoms with Crippen molar-refractivity contribution in [3.8, 4) is 0 Å². The van der Waals surface area contributed by atoms with Gasteiger partial charge in [0.1, 0.15) is 0 Å². The normalized spacial score (nSPS) is 12.7. The van der Waals surface area contributed by atoms with Crippen LogP contribution in [0.4, 0.5) is 13.2 Å². The van der Waals surface area contributed by atoms with Crippen molar-refractivity contribution in [1.82, 2.24) is 10.6 Å². The minimum Gasteiger partial charge on any atom is -0.351 e. The molecule has 0 fully saturated rings. The Morgan fingerprint density at radius 1 is 1.08 bits per heavy atom. The summed E-state index contributed by atoms with van der Waals surface area (Å²) in [6.45, 7) is 2.17. The summed E-state index contributed by atoms with van der Waals surface area (Å²) in [6, 6.07) is 14.2. The number of nitrogens with one attached hydrogen (secondary N) is 2. The average Bonchev–Trinajstić information content (AvgIpc) is 2.58. The molecule has 0 aliphatic heterocycles. The third kappa shape index (κ3) is 5.38. The van der Waals surface area contributed by atoms with Gasteiger partial charge in [-0.05, 0) is 30.2 Å². The minimum atomic E-state index is -4.37. The minimum absolute atomic E-state index is 0.0320. The molecule has 0 aromatic heterocycles. The third-order valence-corrected chi connectivity index (χ3v) is 3.62. The highest BCUT2D eigenvalue weighted by Crippen LogP contribution is 2.30. The first kappa shape index (κ1) is 18.0. The SMILES string of the molecule is C[C@H](NCC(=O)NCc1ccccc1)c1cccc(C(F)(F)F)c1. The Labute approximate surface area is 138 Å². The highest BCUT2D eigenvalue weighted by atomic mass is 19.4. The molecule has 0 spiro atoms. The number of halogens is 3. The molecule has 1 amide bonds. The molecular formula is C18H19F3N2O. The van der Waals surface area contributed by atoms with Gasteiger partial charge in [0.15, 0.2) is 0 Å². The van der Waals surface area contributed by atoms with Crippen molar-refractivity contribution < 1.29 is 18.0 Å². The maximum atomic E-state index is 12.7. The van der Waals surface area contributed by atoms with E-state index < -0.39 is 11.7 Å². The van der Waals surface area contributed by atoms with Gasteiger partial charge < -0.3 is 10.6 Å². The smallest absolute Gasteiger partial charge is 0.351 e. The molecule has 128 valence electrons. The summed E-state index contributed by atoms with van der Waals surface area (Å²) in [5, 5.41) is 5.69. The molecule has 2 rings (SSSR count). The Hall–Kier alpha value is -2.34. The maximum Gasteiger partial charge on any atom is 0.416 e. The summed E-state index contributed by atoms with van der Waals surface area (Å²) in [5.74, 6) is -0.210. The van der Waals surface area contributed by atoms with E-state index in [4.69, 9.17) is 0 Å². The van der Waals surface area contributed by atoms with Gasteiger partial charge in [0.05, 0.1) is 12.1 Å². The maximum absolute atomic E-state index is 12.7. The Bertz CT molecular complexity index is 671. The number of hydrogen-bond acceptors (Lipinski definition) is 2. The second-order valence-electron chi connectivity index (χ2n) is 5.49. The summed E-state index contributed by atoms with van der Waals surface area (Å²) < 4.78 is 38.2. The van der Waals surface area contributed by atoms with Crippen molar-refractivity contribution in [2.75, 3.05) is 6.54 Å². The molecule has 0 heterocycles. The van der Waals surface area contributed by atoms with Crippen LogP contribution in [0.1, 0.15) is 29.7 Å². The van der Waals surface area contributed by atoms with Gasteiger partial charge in [-0.25, -0.2) is 0 Å². The second-order valence-corrected chi connectivity index (χ2v) is 5.49. The monoisotopic (exact) mass is 336 g/mol. The fourth-order valence-electron chi connectivity index (χ4n) is 2.21. The average molecular weight is 336 g/mol. The van der Waals surface area contributed by atoms with E-state index in [9.17, 15) is 18.0 Å². The van der Waals surface area contributed by atoms with Gasteiger partial charge >= 0.3 is 6.18 Å². The number of hydrogen-bond donors (Lipinski definition) is 2. The van der Waals surface area contributed by atoms with Crippen molar-refractivity contribution in [2.24, 2.45) is 0 Å². The molecule has 6 heteroatoms. The van der Waals surface area contributed by atoms with E-state index in [1.54, 1.807) is 13.0 Å². The Morgan fingerprint density at radius 3 is 2.46 bits per heavy atom. The number of alkyl halides is 3. The van der Waals surface area contributed by atoms with Crippen LogP contribution in [-0.4, -0.2) is 12.5 Å². The molecule has 1 atom stereocenters. The highest BCUT2D eigenvalue weighted by molar-refractivity contribution is 5.78. The third-order valence-electron chi connectivity index (χ3n) is 3.62. The van der Waals surface area contributed by atoms with Crippen LogP contribution in [0.5, 0.6) is 0 Å². The molecule has 0 aliphatic rings. The predicted octanol–water partition coefficient (Wildman–Crippen LogP) is 3.67. The first-order valence-electron chi connectivity index (χ1n) is 7.57. The topological polar surface area (TPSA) is 41.1 Å². The zero-order valence-electron chi connectivity index (χ0n) is 13.2. The van der Waals surface area contributed by atoms with E-state index in [0.29, 0.717) is 12.1 Å². The summed E-state index contributed by atoms with van der Waals surface area (Å²) in [5.41, 5.74) is 0.777. The number of carbonyl (C=O) groups is 1. The first-order chi connectivity index (χ1) is 11.4. The molecule has 0 aliphatic carbocycles. The Morgan fingerprint density at radius 2 is 1.79 bits per heavy atom. The Balaban J connectivity index is 1.84. The molecule has 3 nitrogen and oxygen atoms in total. The Kier molecular flexibility index (Phi) is 5.98. The van der Waals surface area contributed by atoms with Gasteiger partial charge in [-0.1, -0.05) is 42.5 Å². The van der Waals surface area contributed by atoms with Crippen LogP contribution >= 0.6 is 0 Å². The van der Waals surface area contributed by atoms with Crippen LogP contribution in [0.3, 0.4) is 0 Å². The summed E-state index contributed by atoms with van der Waals surface area (Å²) >= 11 is 0. The first-order valence-corrected chi connectivity index (χ1v) is 7.57. The van der Waals surface area contributed by atoms with E-state index >= 15 is 0 Å². The van der Waals surface area contributed by atoms with Crippen LogP contribution in [0, 0.1) is 0 Å². The van der Waals surface area contributed by atoms with Crippen LogP contribution in [-0.2, 0) is 17.5 Å². The summed E-state index contributed by atoms with van der Waals surface area (Å²) in [7, 11) is 0. The standard InChI is InChI=1S/C18H19F3N2O/c1-13(15-8-5-9-16(10-15)18(19,20)21)22-12-17(24)23-11-14-6-3-2-4-7-14/h2-10,13,22H,11-12H2,1H3,(H,23,24)/t13-/m0/s1. The quantitative estimate of drug-likeness (QED) is 0.845. The largest absolute Gasteiger partial charge is 0.416 e. The molecule has 0 unspecified atom stereocenters. The van der Waals surface area contributed by atoms with Crippen LogP contribution < -0.4 is 10.6 Å². The summed E-state index contributed by atoms with van der Waals surface area (Å²) in [6.07, 6.45) is -4.37. The molecule has 2 N–H and O–H groups in total. The lowest BCUT2D eigenvalue weighted by Crippen LogP contribution is -2.34. The van der Waals surface area contributed by atoms with E-state index in [0.717, 1.165) is 17.7 Å². The lowest BCUT2D eigenvalue weighted by atomic mass is 10.0. The number of amides is 1. The van der Waals surface area contributed by atoms with Crippen molar-refractivity contribution in [3.05, 3.63) is 71.3 Å². The molecule has 2 aromatic carbocycles. The predicted molar refractivity (Wildman–Crippen MR) is 86.2 cm³/mol. The molecule has 0 saturated heterocycles. The van der Waals surface area contributed by atoms with E-state index in [-0.39, 0.29) is 18.5 Å². The van der Waals surface area contributed by atoms with Gasteiger partial charge in [0, 0.05) is 12.6 Å². The molecular weight excluding hydrogens is 317 g/mol. The molecule has 0 radical (unpaired) electrons. The molecule has 2 aromatic rings. The van der Waals surface area contributed by atoms with Crippen LogP contribution in [0.25, 0.3) is 0 Å². The van der Waals surface area contributed by atoms with Gasteiger partial charge in [0.2, 0.25) is 5.91 Å². The number of benzene rings is 2. The number of carbonyl (C=O) groups excluding carboxylic acids is 1. The molecule has 0 bridgehead atoms. The van der Waals surface area contributed by atoms with Crippen molar-refractivity contribution >= 4 is 5.91 Å². The fourth-order valence-corrected chi connectivity index (χ4v) is 2.21. The fraction of sp³-hybridized carbons (Fsp3) is 0.278. The van der Waals surface area contributed by atoms with Crippen molar-refractivity contribution in [1.29, 1.82) is 0 Å². The molecule has 24 heavy (non-hydrogen) atoms. The van der Waals surface area contributed by atoms with E-state index in [1.807, 2.05) is 30.3 Å². The summed E-state index contributed by atoms with van der Waals surface area (Å²) in [4.78, 5) is 11.8. The van der Waals surface area contributed by atoms with E-state index in [2.05, 4.69) is 10.6 Å². The van der Waals surface area contributed by atoms with Crippen molar-refractivity contribution in [3.63, 3.8) is 0 Å². The second kappa shape index (κ2) is 7.97. The lowest BCUT2D eigenvalue weighted by molar-refractivity contribution is -0.137. The van der Waals surface area contributed by atoms with E-state index in [1.165, 1.54) is 6.07 Å². The zero-order valence-corrected chi connectivity index (χ0v) is 13.2. The highest BCUT2D eigenvalue weighted by Gasteiger charge is 2.30. The van der Waals surface area contributed by atoms with Crippen LogP contribution in [0.2, 0.25) is 0 Å². The van der Waals surface area contributed by atoms with Gasteiger partial charge in [-0.2, -0.15) is 13.2 Å². The zero-order chi connectivity index (χ0) is 17.6. The number of rotatable bonds is 6. The van der Waals surface area contributed by atoms with Crippen LogP contribution in [0.15, 0.2) is 54.6 Å².